The molecule has 2 rings (SSSR count). The van der Waals surface area contributed by atoms with Gasteiger partial charge in [0.2, 0.25) is 0 Å². The Morgan fingerprint density at radius 2 is 2.25 bits per heavy atom. The Bertz CT molecular complexity index is 394. The quantitative estimate of drug-likeness (QED) is 0.743. The van der Waals surface area contributed by atoms with Crippen molar-refractivity contribution in [3.05, 3.63) is 29.3 Å². The number of rotatable bonds is 2. The smallest absolute Gasteiger partial charge is 0.328 e. The summed E-state index contributed by atoms with van der Waals surface area (Å²) in [6.07, 6.45) is 1.82. The van der Waals surface area contributed by atoms with Gasteiger partial charge in [-0.05, 0) is 25.0 Å². The minimum Gasteiger partial charge on any atom is -0.467 e. The molecule has 1 aromatic carbocycles. The first-order chi connectivity index (χ1) is 7.74. The standard InChI is InChI=1S/C12H14ClNO2/c1-16-12(15)11-7-4-8-14(11)10-6-3-2-5-9(10)13/h2-3,5-6,11H,4,7-8H2,1H3. The van der Waals surface area contributed by atoms with Crippen LogP contribution >= 0.6 is 11.6 Å². The number of nitrogens with zero attached hydrogens (tertiary/aromatic N) is 1. The van der Waals surface area contributed by atoms with Gasteiger partial charge in [-0.3, -0.25) is 0 Å². The summed E-state index contributed by atoms with van der Waals surface area (Å²) < 4.78 is 4.80. The maximum atomic E-state index is 11.6. The maximum Gasteiger partial charge on any atom is 0.328 e. The third kappa shape index (κ3) is 2.00. The fraction of sp³-hybridized carbons (Fsp3) is 0.417. The fourth-order valence-electron chi connectivity index (χ4n) is 2.12. The predicted molar refractivity (Wildman–Crippen MR) is 63.8 cm³/mol. The molecule has 1 heterocycles. The number of hydrogen-bond donors (Lipinski definition) is 0. The molecule has 1 atom stereocenters. The molecule has 3 nitrogen and oxygen atoms in total. The van der Waals surface area contributed by atoms with E-state index in [4.69, 9.17) is 16.3 Å². The Morgan fingerprint density at radius 3 is 2.94 bits per heavy atom. The van der Waals surface area contributed by atoms with Crippen molar-refractivity contribution in [3.8, 4) is 0 Å². The van der Waals surface area contributed by atoms with E-state index in [2.05, 4.69) is 0 Å². The molecule has 0 amide bonds. The van der Waals surface area contributed by atoms with Gasteiger partial charge in [0.15, 0.2) is 0 Å². The van der Waals surface area contributed by atoms with Crippen LogP contribution in [0, 0.1) is 0 Å². The Kier molecular flexibility index (Phi) is 3.34. The summed E-state index contributed by atoms with van der Waals surface area (Å²) in [5.74, 6) is -0.183. The summed E-state index contributed by atoms with van der Waals surface area (Å²) in [6.45, 7) is 0.851. The van der Waals surface area contributed by atoms with Gasteiger partial charge < -0.3 is 9.64 Å². The Labute approximate surface area is 100.0 Å². The molecule has 1 aliphatic heterocycles. The van der Waals surface area contributed by atoms with Crippen molar-refractivity contribution in [3.63, 3.8) is 0 Å². The first kappa shape index (κ1) is 11.3. The van der Waals surface area contributed by atoms with E-state index in [0.29, 0.717) is 5.02 Å². The minimum absolute atomic E-state index is 0.183. The van der Waals surface area contributed by atoms with Crippen molar-refractivity contribution in [1.82, 2.24) is 0 Å². The second kappa shape index (κ2) is 4.74. The molecule has 1 aromatic rings. The Morgan fingerprint density at radius 1 is 1.50 bits per heavy atom. The molecule has 4 heteroatoms. The van der Waals surface area contributed by atoms with E-state index in [1.165, 1.54) is 7.11 Å². The van der Waals surface area contributed by atoms with E-state index in [-0.39, 0.29) is 12.0 Å². The van der Waals surface area contributed by atoms with E-state index in [9.17, 15) is 4.79 Å². The zero-order valence-electron chi connectivity index (χ0n) is 9.15. The topological polar surface area (TPSA) is 29.5 Å². The predicted octanol–water partition coefficient (Wildman–Crippen LogP) is 2.48. The number of carbonyl (C=O) groups excluding carboxylic acids is 1. The molecule has 1 aliphatic rings. The van der Waals surface area contributed by atoms with Crippen LogP contribution in [0.25, 0.3) is 0 Å². The molecule has 1 saturated heterocycles. The Hall–Kier alpha value is -1.22. The van der Waals surface area contributed by atoms with Crippen molar-refractivity contribution in [2.45, 2.75) is 18.9 Å². The largest absolute Gasteiger partial charge is 0.467 e. The highest BCUT2D eigenvalue weighted by atomic mass is 35.5. The summed E-state index contributed by atoms with van der Waals surface area (Å²) in [5, 5.41) is 0.679. The number of carbonyl (C=O) groups is 1. The van der Waals surface area contributed by atoms with Gasteiger partial charge in [0.05, 0.1) is 17.8 Å². The van der Waals surface area contributed by atoms with Crippen molar-refractivity contribution in [2.75, 3.05) is 18.6 Å². The third-order valence-corrected chi connectivity index (χ3v) is 3.21. The molecule has 0 aliphatic carbocycles. The average Bonchev–Trinajstić information content (AvgIpc) is 2.77. The van der Waals surface area contributed by atoms with Crippen LogP contribution < -0.4 is 4.90 Å². The lowest BCUT2D eigenvalue weighted by Crippen LogP contribution is -2.36. The molecule has 0 radical (unpaired) electrons. The summed E-state index contributed by atoms with van der Waals surface area (Å²) in [6, 6.07) is 7.39. The van der Waals surface area contributed by atoms with Gasteiger partial charge in [-0.1, -0.05) is 23.7 Å². The number of esters is 1. The summed E-state index contributed by atoms with van der Waals surface area (Å²) >= 11 is 6.12. The molecule has 1 unspecified atom stereocenters. The molecule has 0 spiro atoms. The van der Waals surface area contributed by atoms with Crippen LogP contribution in [0.4, 0.5) is 5.69 Å². The zero-order valence-corrected chi connectivity index (χ0v) is 9.91. The van der Waals surface area contributed by atoms with Gasteiger partial charge in [0.1, 0.15) is 6.04 Å². The third-order valence-electron chi connectivity index (χ3n) is 2.89. The first-order valence-corrected chi connectivity index (χ1v) is 5.71. The number of para-hydroxylation sites is 1. The molecule has 86 valence electrons. The van der Waals surface area contributed by atoms with Crippen LogP contribution in [0.5, 0.6) is 0 Å². The van der Waals surface area contributed by atoms with Crippen LogP contribution in [0.3, 0.4) is 0 Å². The molecule has 0 aromatic heterocycles. The second-order valence-corrected chi connectivity index (χ2v) is 4.23. The monoisotopic (exact) mass is 239 g/mol. The number of halogens is 1. The summed E-state index contributed by atoms with van der Waals surface area (Å²) in [7, 11) is 1.42. The van der Waals surface area contributed by atoms with Crippen LogP contribution in [0.1, 0.15) is 12.8 Å². The highest BCUT2D eigenvalue weighted by Crippen LogP contribution is 2.31. The van der Waals surface area contributed by atoms with Gasteiger partial charge in [-0.2, -0.15) is 0 Å². The first-order valence-electron chi connectivity index (χ1n) is 5.33. The van der Waals surface area contributed by atoms with E-state index in [1.807, 2.05) is 29.2 Å². The molecule has 1 fully saturated rings. The van der Waals surface area contributed by atoms with E-state index < -0.39 is 0 Å². The minimum atomic E-state index is -0.190. The van der Waals surface area contributed by atoms with E-state index >= 15 is 0 Å². The molecular weight excluding hydrogens is 226 g/mol. The van der Waals surface area contributed by atoms with Gasteiger partial charge in [0, 0.05) is 6.54 Å². The number of anilines is 1. The van der Waals surface area contributed by atoms with Crippen LogP contribution in [0.2, 0.25) is 5.02 Å². The number of hydrogen-bond acceptors (Lipinski definition) is 3. The van der Waals surface area contributed by atoms with Gasteiger partial charge in [0.25, 0.3) is 0 Å². The van der Waals surface area contributed by atoms with Crippen LogP contribution in [0.15, 0.2) is 24.3 Å². The van der Waals surface area contributed by atoms with E-state index in [0.717, 1.165) is 25.1 Å². The number of ether oxygens (including phenoxy) is 1. The van der Waals surface area contributed by atoms with Crippen molar-refractivity contribution < 1.29 is 9.53 Å². The molecule has 16 heavy (non-hydrogen) atoms. The van der Waals surface area contributed by atoms with E-state index in [1.54, 1.807) is 0 Å². The lowest BCUT2D eigenvalue weighted by atomic mass is 10.2. The summed E-state index contributed by atoms with van der Waals surface area (Å²) in [4.78, 5) is 13.6. The normalized spacial score (nSPS) is 19.9. The maximum absolute atomic E-state index is 11.6. The van der Waals surface area contributed by atoms with Crippen LogP contribution in [-0.4, -0.2) is 25.7 Å². The van der Waals surface area contributed by atoms with Gasteiger partial charge in [-0.25, -0.2) is 4.79 Å². The fourth-order valence-corrected chi connectivity index (χ4v) is 2.37. The van der Waals surface area contributed by atoms with Gasteiger partial charge in [-0.15, -0.1) is 0 Å². The zero-order chi connectivity index (χ0) is 11.5. The summed E-state index contributed by atoms with van der Waals surface area (Å²) in [5.41, 5.74) is 0.914. The lowest BCUT2D eigenvalue weighted by Gasteiger charge is -2.25. The molecular formula is C12H14ClNO2. The highest BCUT2D eigenvalue weighted by Gasteiger charge is 2.32. The lowest BCUT2D eigenvalue weighted by molar-refractivity contribution is -0.141. The SMILES string of the molecule is COC(=O)C1CCCN1c1ccccc1Cl. The highest BCUT2D eigenvalue weighted by molar-refractivity contribution is 6.33. The van der Waals surface area contributed by atoms with Crippen LogP contribution in [-0.2, 0) is 9.53 Å². The Balaban J connectivity index is 2.27. The number of benzene rings is 1. The average molecular weight is 240 g/mol. The molecule has 0 N–H and O–H groups in total. The van der Waals surface area contributed by atoms with Crippen molar-refractivity contribution in [1.29, 1.82) is 0 Å². The molecule has 0 saturated carbocycles. The van der Waals surface area contributed by atoms with Crippen molar-refractivity contribution >= 4 is 23.3 Å². The second-order valence-electron chi connectivity index (χ2n) is 3.83. The number of methoxy groups -OCH3 is 1. The molecule has 0 bridgehead atoms. The van der Waals surface area contributed by atoms with Crippen molar-refractivity contribution in [2.24, 2.45) is 0 Å². The van der Waals surface area contributed by atoms with Gasteiger partial charge >= 0.3 is 5.97 Å².